The molecule has 1 atom stereocenters. The fourth-order valence-corrected chi connectivity index (χ4v) is 3.56. The van der Waals surface area contributed by atoms with Crippen molar-refractivity contribution in [3.63, 3.8) is 0 Å². The van der Waals surface area contributed by atoms with Gasteiger partial charge in [0, 0.05) is 16.6 Å². The molecule has 4 heteroatoms. The lowest BCUT2D eigenvalue weighted by molar-refractivity contribution is 0.224. The molecule has 0 aromatic heterocycles. The summed E-state index contributed by atoms with van der Waals surface area (Å²) in [5.74, 6) is 0.992. The van der Waals surface area contributed by atoms with E-state index in [0.29, 0.717) is 12.6 Å². The van der Waals surface area contributed by atoms with Crippen molar-refractivity contribution in [1.82, 2.24) is 4.90 Å². The van der Waals surface area contributed by atoms with Crippen molar-refractivity contribution in [2.24, 2.45) is 5.73 Å². The first kappa shape index (κ1) is 17.6. The normalized spacial score (nSPS) is 17.0. The van der Waals surface area contributed by atoms with Gasteiger partial charge in [-0.15, -0.1) is 0 Å². The minimum absolute atomic E-state index is 0.317. The Morgan fingerprint density at radius 3 is 2.59 bits per heavy atom. The Morgan fingerprint density at radius 1 is 1.32 bits per heavy atom. The predicted octanol–water partition coefficient (Wildman–Crippen LogP) is 4.23. The van der Waals surface area contributed by atoms with Crippen molar-refractivity contribution in [3.05, 3.63) is 27.8 Å². The van der Waals surface area contributed by atoms with Crippen LogP contribution in [0.2, 0.25) is 5.02 Å². The first-order valence-corrected chi connectivity index (χ1v) is 8.84. The highest BCUT2D eigenvalue weighted by molar-refractivity contribution is 6.32. The van der Waals surface area contributed by atoms with Crippen molar-refractivity contribution >= 4 is 11.6 Å². The Balaban J connectivity index is 2.45. The minimum atomic E-state index is 0.317. The molecule has 0 saturated carbocycles. The first-order valence-electron chi connectivity index (χ1n) is 8.46. The molecule has 1 aromatic rings. The summed E-state index contributed by atoms with van der Waals surface area (Å²) in [6.07, 6.45) is 4.49. The standard InChI is InChI=1S/C18H29ClN2O/c1-4-11-22-16-12-13(2)18(19)14(3)17(16)15(7-8-20)21-9-5-6-10-21/h12,15H,4-11,20H2,1-3H3. The van der Waals surface area contributed by atoms with Crippen LogP contribution in [-0.2, 0) is 0 Å². The van der Waals surface area contributed by atoms with E-state index in [1.807, 2.05) is 6.92 Å². The van der Waals surface area contributed by atoms with Gasteiger partial charge in [0.2, 0.25) is 0 Å². The molecule has 2 N–H and O–H groups in total. The lowest BCUT2D eigenvalue weighted by Crippen LogP contribution is -2.29. The fourth-order valence-electron chi connectivity index (χ4n) is 3.40. The largest absolute Gasteiger partial charge is 0.493 e. The van der Waals surface area contributed by atoms with Crippen LogP contribution in [0.3, 0.4) is 0 Å². The van der Waals surface area contributed by atoms with Gasteiger partial charge in [-0.05, 0) is 76.4 Å². The van der Waals surface area contributed by atoms with E-state index in [9.17, 15) is 0 Å². The Hall–Kier alpha value is -0.770. The molecule has 0 spiro atoms. The van der Waals surface area contributed by atoms with E-state index in [0.717, 1.165) is 54.4 Å². The van der Waals surface area contributed by atoms with Crippen LogP contribution in [0, 0.1) is 13.8 Å². The molecule has 1 fully saturated rings. The van der Waals surface area contributed by atoms with E-state index < -0.39 is 0 Å². The molecule has 1 aromatic carbocycles. The molecule has 0 amide bonds. The lowest BCUT2D eigenvalue weighted by atomic mass is 9.94. The third-order valence-corrected chi connectivity index (χ3v) is 5.09. The summed E-state index contributed by atoms with van der Waals surface area (Å²) in [7, 11) is 0. The zero-order valence-electron chi connectivity index (χ0n) is 14.1. The van der Waals surface area contributed by atoms with E-state index in [2.05, 4.69) is 24.8 Å². The molecule has 22 heavy (non-hydrogen) atoms. The highest BCUT2D eigenvalue weighted by Gasteiger charge is 2.28. The quantitative estimate of drug-likeness (QED) is 0.815. The first-order chi connectivity index (χ1) is 10.6. The average molecular weight is 325 g/mol. The molecule has 3 nitrogen and oxygen atoms in total. The van der Waals surface area contributed by atoms with Gasteiger partial charge in [0.05, 0.1) is 6.61 Å². The van der Waals surface area contributed by atoms with Gasteiger partial charge in [-0.2, -0.15) is 0 Å². The van der Waals surface area contributed by atoms with Gasteiger partial charge >= 0.3 is 0 Å². The van der Waals surface area contributed by atoms with Gasteiger partial charge in [-0.1, -0.05) is 18.5 Å². The number of halogens is 1. The Morgan fingerprint density at radius 2 is 2.00 bits per heavy atom. The van der Waals surface area contributed by atoms with Crippen molar-refractivity contribution in [3.8, 4) is 5.75 Å². The molecule has 1 unspecified atom stereocenters. The molecule has 1 aliphatic rings. The number of ether oxygens (including phenoxy) is 1. The monoisotopic (exact) mass is 324 g/mol. The zero-order chi connectivity index (χ0) is 16.1. The highest BCUT2D eigenvalue weighted by Crippen LogP contribution is 2.40. The van der Waals surface area contributed by atoms with E-state index in [1.54, 1.807) is 0 Å². The van der Waals surface area contributed by atoms with E-state index in [4.69, 9.17) is 22.1 Å². The SMILES string of the molecule is CCCOc1cc(C)c(Cl)c(C)c1C(CCN)N1CCCC1. The van der Waals surface area contributed by atoms with Crippen LogP contribution in [0.25, 0.3) is 0 Å². The van der Waals surface area contributed by atoms with E-state index in [1.165, 1.54) is 18.4 Å². The van der Waals surface area contributed by atoms with Gasteiger partial charge in [-0.25, -0.2) is 0 Å². The molecular formula is C18H29ClN2O. The van der Waals surface area contributed by atoms with Gasteiger partial charge in [0.15, 0.2) is 0 Å². The summed E-state index contributed by atoms with van der Waals surface area (Å²) in [5.41, 5.74) is 9.38. The summed E-state index contributed by atoms with van der Waals surface area (Å²) in [4.78, 5) is 2.54. The second-order valence-corrected chi connectivity index (χ2v) is 6.61. The smallest absolute Gasteiger partial charge is 0.124 e. The summed E-state index contributed by atoms with van der Waals surface area (Å²) < 4.78 is 6.06. The number of aryl methyl sites for hydroxylation is 1. The third kappa shape index (κ3) is 3.76. The summed E-state index contributed by atoms with van der Waals surface area (Å²) in [6.45, 7) is 10.00. The number of likely N-dealkylation sites (tertiary alicyclic amines) is 1. The van der Waals surface area contributed by atoms with Crippen LogP contribution >= 0.6 is 11.6 Å². The molecule has 124 valence electrons. The van der Waals surface area contributed by atoms with Crippen molar-refractivity contribution in [2.45, 2.75) is 52.5 Å². The molecule has 0 radical (unpaired) electrons. The molecule has 1 heterocycles. The second kappa shape index (κ2) is 8.19. The maximum absolute atomic E-state index is 6.53. The molecule has 1 aliphatic heterocycles. The van der Waals surface area contributed by atoms with Crippen LogP contribution in [0.1, 0.15) is 55.3 Å². The maximum atomic E-state index is 6.53. The number of benzene rings is 1. The van der Waals surface area contributed by atoms with Crippen molar-refractivity contribution in [2.75, 3.05) is 26.2 Å². The number of nitrogens with zero attached hydrogens (tertiary/aromatic N) is 1. The van der Waals surface area contributed by atoms with Crippen molar-refractivity contribution < 1.29 is 4.74 Å². The molecule has 2 rings (SSSR count). The summed E-state index contributed by atoms with van der Waals surface area (Å²) >= 11 is 6.53. The van der Waals surface area contributed by atoms with Crippen LogP contribution in [0.15, 0.2) is 6.07 Å². The molecule has 1 saturated heterocycles. The fraction of sp³-hybridized carbons (Fsp3) is 0.667. The summed E-state index contributed by atoms with van der Waals surface area (Å²) in [5, 5.41) is 0.861. The van der Waals surface area contributed by atoms with Crippen LogP contribution < -0.4 is 10.5 Å². The van der Waals surface area contributed by atoms with E-state index >= 15 is 0 Å². The van der Waals surface area contributed by atoms with Crippen molar-refractivity contribution in [1.29, 1.82) is 0 Å². The topological polar surface area (TPSA) is 38.5 Å². The Kier molecular flexibility index (Phi) is 6.54. The maximum Gasteiger partial charge on any atom is 0.124 e. The zero-order valence-corrected chi connectivity index (χ0v) is 14.9. The minimum Gasteiger partial charge on any atom is -0.493 e. The van der Waals surface area contributed by atoms with Crippen LogP contribution in [0.5, 0.6) is 5.75 Å². The van der Waals surface area contributed by atoms with Gasteiger partial charge in [0.1, 0.15) is 5.75 Å². The predicted molar refractivity (Wildman–Crippen MR) is 93.9 cm³/mol. The van der Waals surface area contributed by atoms with Crippen LogP contribution in [-0.4, -0.2) is 31.1 Å². The second-order valence-electron chi connectivity index (χ2n) is 6.23. The van der Waals surface area contributed by atoms with Gasteiger partial charge < -0.3 is 10.5 Å². The number of nitrogens with two attached hydrogens (primary N) is 1. The molecule has 0 bridgehead atoms. The summed E-state index contributed by atoms with van der Waals surface area (Å²) in [6, 6.07) is 2.41. The number of rotatable bonds is 7. The Labute approximate surface area is 139 Å². The highest BCUT2D eigenvalue weighted by atomic mass is 35.5. The molecule has 0 aliphatic carbocycles. The van der Waals surface area contributed by atoms with Gasteiger partial charge in [-0.3, -0.25) is 4.90 Å². The average Bonchev–Trinajstić information content (AvgIpc) is 3.03. The van der Waals surface area contributed by atoms with E-state index in [-0.39, 0.29) is 0 Å². The molecular weight excluding hydrogens is 296 g/mol. The van der Waals surface area contributed by atoms with Gasteiger partial charge in [0.25, 0.3) is 0 Å². The number of hydrogen-bond donors (Lipinski definition) is 1. The Bertz CT molecular complexity index is 498. The van der Waals surface area contributed by atoms with Crippen LogP contribution in [0.4, 0.5) is 0 Å². The number of hydrogen-bond acceptors (Lipinski definition) is 3. The lowest BCUT2D eigenvalue weighted by Gasteiger charge is -2.31. The third-order valence-electron chi connectivity index (χ3n) is 4.51.